The highest BCUT2D eigenvalue weighted by molar-refractivity contribution is 5.45. The summed E-state index contributed by atoms with van der Waals surface area (Å²) in [5, 5.41) is 9.09. The van der Waals surface area contributed by atoms with Crippen LogP contribution in [0.1, 0.15) is 38.3 Å². The van der Waals surface area contributed by atoms with E-state index in [4.69, 9.17) is 10.00 Å². The van der Waals surface area contributed by atoms with Crippen molar-refractivity contribution in [1.82, 2.24) is 4.90 Å². The first-order valence-electron chi connectivity index (χ1n) is 6.75. The average molecular weight is 260 g/mol. The predicted molar refractivity (Wildman–Crippen MR) is 78.1 cm³/mol. The summed E-state index contributed by atoms with van der Waals surface area (Å²) in [7, 11) is 3.72. The molecule has 0 bridgehead atoms. The minimum atomic E-state index is 0.535. The summed E-state index contributed by atoms with van der Waals surface area (Å²) in [6.45, 7) is 7.58. The Morgan fingerprint density at radius 2 is 2.00 bits per heavy atom. The van der Waals surface area contributed by atoms with Crippen molar-refractivity contribution in [1.29, 1.82) is 5.26 Å². The van der Waals surface area contributed by atoms with E-state index in [1.54, 1.807) is 7.11 Å². The monoisotopic (exact) mass is 260 g/mol. The Bertz CT molecular complexity index is 449. The molecule has 0 aliphatic heterocycles. The van der Waals surface area contributed by atoms with Crippen LogP contribution in [0.5, 0.6) is 5.75 Å². The first kappa shape index (κ1) is 15.5. The standard InChI is InChI=1S/C16H24N2O/c1-12(2)8-13(3)18(4)11-14-6-7-16(19-5)15(9-14)10-17/h6-7,9,12-13H,8,11H2,1-5H3. The summed E-state index contributed by atoms with van der Waals surface area (Å²) in [6, 6.07) is 8.52. The summed E-state index contributed by atoms with van der Waals surface area (Å²) < 4.78 is 5.16. The van der Waals surface area contributed by atoms with Gasteiger partial charge in [0.1, 0.15) is 11.8 Å². The molecule has 0 saturated heterocycles. The minimum Gasteiger partial charge on any atom is -0.495 e. The molecule has 1 unspecified atom stereocenters. The van der Waals surface area contributed by atoms with Gasteiger partial charge < -0.3 is 4.74 Å². The number of nitriles is 1. The topological polar surface area (TPSA) is 36.3 Å². The Balaban J connectivity index is 2.75. The zero-order chi connectivity index (χ0) is 14.4. The van der Waals surface area contributed by atoms with Crippen LogP contribution in [0.4, 0.5) is 0 Å². The number of methoxy groups -OCH3 is 1. The van der Waals surface area contributed by atoms with Gasteiger partial charge in [0.05, 0.1) is 12.7 Å². The molecule has 1 atom stereocenters. The second-order valence-electron chi connectivity index (χ2n) is 5.54. The molecule has 0 radical (unpaired) electrons. The van der Waals surface area contributed by atoms with Crippen LogP contribution in [0.3, 0.4) is 0 Å². The molecule has 0 heterocycles. The molecule has 0 spiro atoms. The van der Waals surface area contributed by atoms with Gasteiger partial charge in [0, 0.05) is 12.6 Å². The van der Waals surface area contributed by atoms with Crippen LogP contribution in [0, 0.1) is 17.2 Å². The summed E-state index contributed by atoms with van der Waals surface area (Å²) in [5.41, 5.74) is 1.75. The van der Waals surface area contributed by atoms with Gasteiger partial charge in [0.2, 0.25) is 0 Å². The van der Waals surface area contributed by atoms with E-state index in [0.29, 0.717) is 23.3 Å². The molecule has 0 N–H and O–H groups in total. The normalized spacial score (nSPS) is 12.5. The SMILES string of the molecule is COc1ccc(CN(C)C(C)CC(C)C)cc1C#N. The lowest BCUT2D eigenvalue weighted by molar-refractivity contribution is 0.220. The summed E-state index contributed by atoms with van der Waals surface area (Å²) in [5.74, 6) is 1.34. The molecule has 0 saturated carbocycles. The Labute approximate surface area is 116 Å². The van der Waals surface area contributed by atoms with Crippen molar-refractivity contribution in [3.8, 4) is 11.8 Å². The first-order chi connectivity index (χ1) is 8.97. The number of rotatable bonds is 6. The highest BCUT2D eigenvalue weighted by Crippen LogP contribution is 2.20. The van der Waals surface area contributed by atoms with Crippen LogP contribution in [0.2, 0.25) is 0 Å². The molecule has 1 rings (SSSR count). The van der Waals surface area contributed by atoms with Crippen molar-refractivity contribution in [2.24, 2.45) is 5.92 Å². The van der Waals surface area contributed by atoms with Crippen molar-refractivity contribution in [2.75, 3.05) is 14.2 Å². The van der Waals surface area contributed by atoms with E-state index in [1.807, 2.05) is 18.2 Å². The molecule has 3 nitrogen and oxygen atoms in total. The van der Waals surface area contributed by atoms with Gasteiger partial charge in [-0.05, 0) is 44.0 Å². The third kappa shape index (κ3) is 4.57. The van der Waals surface area contributed by atoms with Crippen molar-refractivity contribution in [2.45, 2.75) is 39.8 Å². The highest BCUT2D eigenvalue weighted by atomic mass is 16.5. The van der Waals surface area contributed by atoms with Crippen LogP contribution in [-0.2, 0) is 6.54 Å². The number of ether oxygens (including phenoxy) is 1. The molecular formula is C16H24N2O. The van der Waals surface area contributed by atoms with Gasteiger partial charge in [-0.3, -0.25) is 4.90 Å². The van der Waals surface area contributed by atoms with Gasteiger partial charge in [-0.1, -0.05) is 19.9 Å². The van der Waals surface area contributed by atoms with Crippen LogP contribution >= 0.6 is 0 Å². The summed E-state index contributed by atoms with van der Waals surface area (Å²) in [6.07, 6.45) is 1.18. The van der Waals surface area contributed by atoms with Crippen molar-refractivity contribution in [3.63, 3.8) is 0 Å². The fourth-order valence-electron chi connectivity index (χ4n) is 2.25. The summed E-state index contributed by atoms with van der Waals surface area (Å²) in [4.78, 5) is 2.32. The molecular weight excluding hydrogens is 236 g/mol. The number of hydrogen-bond donors (Lipinski definition) is 0. The zero-order valence-electron chi connectivity index (χ0n) is 12.6. The molecule has 0 aliphatic carbocycles. The minimum absolute atomic E-state index is 0.535. The van der Waals surface area contributed by atoms with Crippen molar-refractivity contribution < 1.29 is 4.74 Å². The lowest BCUT2D eigenvalue weighted by Crippen LogP contribution is -2.29. The van der Waals surface area contributed by atoms with E-state index in [-0.39, 0.29) is 0 Å². The molecule has 1 aromatic carbocycles. The predicted octanol–water partition coefficient (Wildman–Crippen LogP) is 3.43. The Morgan fingerprint density at radius 3 is 2.53 bits per heavy atom. The third-order valence-electron chi connectivity index (χ3n) is 3.38. The second kappa shape index (κ2) is 7.16. The van der Waals surface area contributed by atoms with Gasteiger partial charge in [-0.15, -0.1) is 0 Å². The third-order valence-corrected chi connectivity index (χ3v) is 3.38. The Kier molecular flexibility index (Phi) is 5.85. The van der Waals surface area contributed by atoms with Crippen molar-refractivity contribution in [3.05, 3.63) is 29.3 Å². The van der Waals surface area contributed by atoms with E-state index in [9.17, 15) is 0 Å². The number of hydrogen-bond acceptors (Lipinski definition) is 3. The quantitative estimate of drug-likeness (QED) is 0.786. The van der Waals surface area contributed by atoms with E-state index >= 15 is 0 Å². The van der Waals surface area contributed by atoms with E-state index < -0.39 is 0 Å². The Morgan fingerprint density at radius 1 is 1.32 bits per heavy atom. The van der Waals surface area contributed by atoms with Crippen LogP contribution in [0.25, 0.3) is 0 Å². The van der Waals surface area contributed by atoms with Gasteiger partial charge in [0.15, 0.2) is 0 Å². The molecule has 0 amide bonds. The fourth-order valence-corrected chi connectivity index (χ4v) is 2.25. The van der Waals surface area contributed by atoms with Gasteiger partial charge in [0.25, 0.3) is 0 Å². The molecule has 3 heteroatoms. The molecule has 1 aromatic rings. The lowest BCUT2D eigenvalue weighted by atomic mass is 10.0. The molecule has 0 aromatic heterocycles. The van der Waals surface area contributed by atoms with Crippen molar-refractivity contribution >= 4 is 0 Å². The fraction of sp³-hybridized carbons (Fsp3) is 0.562. The van der Waals surface area contributed by atoms with E-state index in [0.717, 1.165) is 12.1 Å². The second-order valence-corrected chi connectivity index (χ2v) is 5.54. The van der Waals surface area contributed by atoms with Gasteiger partial charge in [-0.2, -0.15) is 5.26 Å². The van der Waals surface area contributed by atoms with Gasteiger partial charge >= 0.3 is 0 Å². The lowest BCUT2D eigenvalue weighted by Gasteiger charge is -2.26. The maximum atomic E-state index is 9.09. The average Bonchev–Trinajstić information content (AvgIpc) is 2.37. The van der Waals surface area contributed by atoms with Crippen LogP contribution in [0.15, 0.2) is 18.2 Å². The molecule has 104 valence electrons. The zero-order valence-corrected chi connectivity index (χ0v) is 12.6. The van der Waals surface area contributed by atoms with E-state index in [2.05, 4.69) is 38.8 Å². The van der Waals surface area contributed by atoms with Crippen LogP contribution < -0.4 is 4.74 Å². The first-order valence-corrected chi connectivity index (χ1v) is 6.75. The van der Waals surface area contributed by atoms with Crippen LogP contribution in [-0.4, -0.2) is 25.1 Å². The maximum absolute atomic E-state index is 9.09. The summed E-state index contributed by atoms with van der Waals surface area (Å²) >= 11 is 0. The molecule has 0 fully saturated rings. The van der Waals surface area contributed by atoms with Gasteiger partial charge in [-0.25, -0.2) is 0 Å². The number of nitrogens with zero attached hydrogens (tertiary/aromatic N) is 2. The smallest absolute Gasteiger partial charge is 0.136 e. The highest BCUT2D eigenvalue weighted by Gasteiger charge is 2.12. The maximum Gasteiger partial charge on any atom is 0.136 e. The number of benzene rings is 1. The largest absolute Gasteiger partial charge is 0.495 e. The molecule has 0 aliphatic rings. The molecule has 19 heavy (non-hydrogen) atoms. The van der Waals surface area contributed by atoms with E-state index in [1.165, 1.54) is 6.42 Å². The Hall–Kier alpha value is -1.53.